The van der Waals surface area contributed by atoms with Crippen LogP contribution in [-0.2, 0) is 18.3 Å². The van der Waals surface area contributed by atoms with Crippen LogP contribution in [0.5, 0.6) is 0 Å². The summed E-state index contributed by atoms with van der Waals surface area (Å²) in [6.45, 7) is 8.48. The van der Waals surface area contributed by atoms with Gasteiger partial charge in [0.15, 0.2) is 0 Å². The molecule has 0 aliphatic carbocycles. The van der Waals surface area contributed by atoms with Gasteiger partial charge in [0.1, 0.15) is 0 Å². The van der Waals surface area contributed by atoms with Crippen molar-refractivity contribution in [2.45, 2.75) is 6.55 Å². The Morgan fingerprint density at radius 2 is 1.44 bits per heavy atom. The summed E-state index contributed by atoms with van der Waals surface area (Å²) in [6.07, 6.45) is 0.941. The maximum absolute atomic E-state index is 5.88. The predicted octanol–water partition coefficient (Wildman–Crippen LogP) is -0.00680. The van der Waals surface area contributed by atoms with E-state index < -0.39 is 8.56 Å². The fourth-order valence-corrected chi connectivity index (χ4v) is 4.46. The third kappa shape index (κ3) is 3.79. The van der Waals surface area contributed by atoms with Crippen molar-refractivity contribution in [1.82, 2.24) is 4.90 Å². The number of nitrogens with zero attached hydrogens (tertiary/aromatic N) is 1. The van der Waals surface area contributed by atoms with Gasteiger partial charge in [0.05, 0.1) is 39.6 Å². The largest absolute Gasteiger partial charge is 0.391 e. The zero-order valence-electron chi connectivity index (χ0n) is 9.94. The van der Waals surface area contributed by atoms with Crippen LogP contribution >= 0.6 is 0 Å². The highest BCUT2D eigenvalue weighted by atomic mass is 28.4. The van der Waals surface area contributed by atoms with Gasteiger partial charge in [-0.3, -0.25) is 4.90 Å². The van der Waals surface area contributed by atoms with Crippen molar-refractivity contribution in [3.05, 3.63) is 0 Å². The van der Waals surface area contributed by atoms with Gasteiger partial charge in [-0.15, -0.1) is 0 Å². The van der Waals surface area contributed by atoms with E-state index in [2.05, 4.69) is 11.4 Å². The standard InChI is InChI=1S/C10H21NO4Si/c1-16(10-11-2-4-12-5-3-11)14-8-6-13-7-9-15-16/h2-10H2,1H3. The van der Waals surface area contributed by atoms with Crippen LogP contribution < -0.4 is 0 Å². The molecule has 0 atom stereocenters. The molecule has 0 N–H and O–H groups in total. The van der Waals surface area contributed by atoms with E-state index in [1.807, 2.05) is 0 Å². The molecule has 0 bridgehead atoms. The Hall–Kier alpha value is 0.0169. The van der Waals surface area contributed by atoms with E-state index in [0.717, 1.165) is 32.5 Å². The van der Waals surface area contributed by atoms with Crippen LogP contribution in [-0.4, -0.2) is 72.4 Å². The van der Waals surface area contributed by atoms with Crippen molar-refractivity contribution in [1.29, 1.82) is 0 Å². The zero-order chi connectivity index (χ0) is 11.3. The smallest absolute Gasteiger partial charge is 0.349 e. The molecule has 0 aromatic heterocycles. The van der Waals surface area contributed by atoms with Gasteiger partial charge in [-0.2, -0.15) is 0 Å². The summed E-state index contributed by atoms with van der Waals surface area (Å²) in [5, 5.41) is 0. The van der Waals surface area contributed by atoms with Crippen LogP contribution in [0.3, 0.4) is 0 Å². The Bertz CT molecular complexity index is 203. The summed E-state index contributed by atoms with van der Waals surface area (Å²) in [5.41, 5.74) is 0. The van der Waals surface area contributed by atoms with Gasteiger partial charge in [0, 0.05) is 19.3 Å². The lowest BCUT2D eigenvalue weighted by atomic mass is 10.5. The van der Waals surface area contributed by atoms with Gasteiger partial charge in [0.25, 0.3) is 0 Å². The molecule has 0 aromatic carbocycles. The monoisotopic (exact) mass is 247 g/mol. The van der Waals surface area contributed by atoms with Crippen LogP contribution in [0.2, 0.25) is 6.55 Å². The summed E-state index contributed by atoms with van der Waals surface area (Å²) in [6, 6.07) is 0. The van der Waals surface area contributed by atoms with Crippen molar-refractivity contribution in [2.24, 2.45) is 0 Å². The van der Waals surface area contributed by atoms with Crippen LogP contribution in [0.1, 0.15) is 0 Å². The van der Waals surface area contributed by atoms with Crippen molar-refractivity contribution in [3.63, 3.8) is 0 Å². The number of morpholine rings is 1. The molecule has 2 fully saturated rings. The average molecular weight is 247 g/mol. The Labute approximate surface area is 97.9 Å². The van der Waals surface area contributed by atoms with Crippen molar-refractivity contribution in [3.8, 4) is 0 Å². The third-order valence-corrected chi connectivity index (χ3v) is 5.54. The van der Waals surface area contributed by atoms with E-state index in [-0.39, 0.29) is 0 Å². The Morgan fingerprint density at radius 1 is 0.875 bits per heavy atom. The molecule has 2 aliphatic heterocycles. The Morgan fingerprint density at radius 3 is 2.06 bits per heavy atom. The summed E-state index contributed by atoms with van der Waals surface area (Å²) >= 11 is 0. The summed E-state index contributed by atoms with van der Waals surface area (Å²) in [4.78, 5) is 2.39. The normalized spacial score (nSPS) is 28.3. The van der Waals surface area contributed by atoms with Crippen LogP contribution in [0.15, 0.2) is 0 Å². The van der Waals surface area contributed by atoms with Gasteiger partial charge < -0.3 is 18.3 Å². The molecule has 0 unspecified atom stereocenters. The molecular formula is C10H21NO4Si. The molecule has 0 saturated carbocycles. The van der Waals surface area contributed by atoms with E-state index in [9.17, 15) is 0 Å². The lowest BCUT2D eigenvalue weighted by Gasteiger charge is -2.35. The number of ether oxygens (including phenoxy) is 2. The number of hydrogen-bond donors (Lipinski definition) is 0. The molecule has 94 valence electrons. The van der Waals surface area contributed by atoms with Crippen molar-refractivity contribution in [2.75, 3.05) is 58.9 Å². The minimum atomic E-state index is -2.02. The first-order valence-electron chi connectivity index (χ1n) is 5.94. The number of rotatable bonds is 2. The molecule has 0 amide bonds. The predicted molar refractivity (Wildman–Crippen MR) is 61.6 cm³/mol. The van der Waals surface area contributed by atoms with E-state index >= 15 is 0 Å². The molecule has 2 heterocycles. The second kappa shape index (κ2) is 6.09. The molecule has 2 saturated heterocycles. The van der Waals surface area contributed by atoms with E-state index in [4.69, 9.17) is 18.3 Å². The van der Waals surface area contributed by atoms with E-state index in [0.29, 0.717) is 26.4 Å². The van der Waals surface area contributed by atoms with Crippen LogP contribution in [0.25, 0.3) is 0 Å². The third-order valence-electron chi connectivity index (χ3n) is 2.88. The molecule has 2 rings (SSSR count). The van der Waals surface area contributed by atoms with Gasteiger partial charge >= 0.3 is 8.56 Å². The molecule has 0 spiro atoms. The van der Waals surface area contributed by atoms with Gasteiger partial charge in [-0.1, -0.05) is 0 Å². The summed E-state index contributed by atoms with van der Waals surface area (Å²) < 4.78 is 22.4. The lowest BCUT2D eigenvalue weighted by Crippen LogP contribution is -2.54. The van der Waals surface area contributed by atoms with Gasteiger partial charge in [-0.05, 0) is 6.55 Å². The topological polar surface area (TPSA) is 40.2 Å². The maximum atomic E-state index is 5.88. The SMILES string of the molecule is C[Si]1(CN2CCOCC2)OCCOCCO1. The summed E-state index contributed by atoms with van der Waals surface area (Å²) in [5.74, 6) is 0. The van der Waals surface area contributed by atoms with Crippen LogP contribution in [0, 0.1) is 0 Å². The highest BCUT2D eigenvalue weighted by molar-refractivity contribution is 6.66. The second-order valence-corrected chi connectivity index (χ2v) is 7.49. The molecule has 5 nitrogen and oxygen atoms in total. The minimum Gasteiger partial charge on any atom is -0.391 e. The first-order chi connectivity index (χ1) is 7.79. The van der Waals surface area contributed by atoms with Gasteiger partial charge in [0.2, 0.25) is 0 Å². The first-order valence-corrected chi connectivity index (χ1v) is 8.47. The fraction of sp³-hybridized carbons (Fsp3) is 1.00. The van der Waals surface area contributed by atoms with Gasteiger partial charge in [-0.25, -0.2) is 0 Å². The van der Waals surface area contributed by atoms with Crippen LogP contribution in [0.4, 0.5) is 0 Å². The Balaban J connectivity index is 1.83. The minimum absolute atomic E-state index is 0.660. The molecule has 2 aliphatic rings. The second-order valence-electron chi connectivity index (χ2n) is 4.33. The lowest BCUT2D eigenvalue weighted by molar-refractivity contribution is 0.0110. The first kappa shape index (κ1) is 12.5. The van der Waals surface area contributed by atoms with E-state index in [1.165, 1.54) is 0 Å². The Kier molecular flexibility index (Phi) is 4.74. The fourth-order valence-electron chi connectivity index (χ4n) is 2.03. The van der Waals surface area contributed by atoms with E-state index in [1.54, 1.807) is 0 Å². The number of hydrogen-bond acceptors (Lipinski definition) is 5. The molecule has 6 heteroatoms. The summed E-state index contributed by atoms with van der Waals surface area (Å²) in [7, 11) is -2.02. The molecular weight excluding hydrogens is 226 g/mol. The quantitative estimate of drug-likeness (QED) is 0.642. The van der Waals surface area contributed by atoms with Crippen molar-refractivity contribution >= 4 is 8.56 Å². The average Bonchev–Trinajstić information content (AvgIpc) is 2.26. The maximum Gasteiger partial charge on any atom is 0.349 e. The highest BCUT2D eigenvalue weighted by Crippen LogP contribution is 2.12. The molecule has 0 aromatic rings. The van der Waals surface area contributed by atoms with Crippen molar-refractivity contribution < 1.29 is 18.3 Å². The molecule has 16 heavy (non-hydrogen) atoms. The molecule has 0 radical (unpaired) electrons. The zero-order valence-corrected chi connectivity index (χ0v) is 10.9. The highest BCUT2D eigenvalue weighted by Gasteiger charge is 2.35.